The number of hydrogen-bond acceptors (Lipinski definition) is 1. The second-order valence-corrected chi connectivity index (χ2v) is 4.49. The van der Waals surface area contributed by atoms with E-state index in [0.29, 0.717) is 0 Å². The van der Waals surface area contributed by atoms with Crippen LogP contribution in [0.4, 0.5) is 0 Å². The molecule has 0 unspecified atom stereocenters. The van der Waals surface area contributed by atoms with Crippen molar-refractivity contribution in [3.63, 3.8) is 0 Å². The quantitative estimate of drug-likeness (QED) is 0.292. The molecule has 0 amide bonds. The fourth-order valence-electron chi connectivity index (χ4n) is 1.89. The van der Waals surface area contributed by atoms with Gasteiger partial charge in [-0.3, -0.25) is 0 Å². The molecule has 0 aliphatic heterocycles. The molecule has 0 saturated carbocycles. The predicted molar refractivity (Wildman–Crippen MR) is 75.7 cm³/mol. The Bertz CT molecular complexity index is 126. The van der Waals surface area contributed by atoms with Crippen LogP contribution in [0.1, 0.15) is 84.0 Å². The molecule has 16 heavy (non-hydrogen) atoms. The van der Waals surface area contributed by atoms with E-state index in [9.17, 15) is 4.79 Å². The minimum absolute atomic E-state index is 0. The monoisotopic (exact) mass is 254 g/mol. The molecule has 2 heteroatoms. The minimum atomic E-state index is 0. The molecule has 1 nitrogen and oxygen atoms in total. The first kappa shape index (κ1) is 19.3. The number of carbonyl (C=O) groups excluding carboxylic acids is 1. The molecule has 0 atom stereocenters. The fourth-order valence-corrected chi connectivity index (χ4v) is 1.89. The molecular weight excluding hydrogens is 224 g/mol. The molecule has 0 aromatic carbocycles. The van der Waals surface area contributed by atoms with Crippen LogP contribution in [0.5, 0.6) is 0 Å². The summed E-state index contributed by atoms with van der Waals surface area (Å²) in [6.07, 6.45) is 16.7. The average Bonchev–Trinajstić information content (AvgIpc) is 2.26. The van der Waals surface area contributed by atoms with Crippen molar-refractivity contribution in [2.24, 2.45) is 0 Å². The summed E-state index contributed by atoms with van der Waals surface area (Å²) in [7, 11) is 0. The molecular formula is C14H30CaO. The van der Waals surface area contributed by atoms with Gasteiger partial charge in [0.1, 0.15) is 6.29 Å². The molecule has 0 heterocycles. The summed E-state index contributed by atoms with van der Waals surface area (Å²) in [5, 5.41) is 0. The zero-order valence-electron chi connectivity index (χ0n) is 10.5. The van der Waals surface area contributed by atoms with E-state index in [2.05, 4.69) is 6.92 Å². The third kappa shape index (κ3) is 17.3. The van der Waals surface area contributed by atoms with Crippen molar-refractivity contribution in [2.75, 3.05) is 0 Å². The zero-order chi connectivity index (χ0) is 11.2. The van der Waals surface area contributed by atoms with Gasteiger partial charge in [-0.2, -0.15) is 0 Å². The molecule has 0 saturated heterocycles. The number of carbonyl (C=O) groups is 1. The maximum absolute atomic E-state index is 10.1. The van der Waals surface area contributed by atoms with Crippen LogP contribution in [0.15, 0.2) is 0 Å². The van der Waals surface area contributed by atoms with Gasteiger partial charge in [-0.1, -0.05) is 71.1 Å². The first-order valence-electron chi connectivity index (χ1n) is 6.85. The molecule has 0 fully saturated rings. The fraction of sp³-hybridized carbons (Fsp3) is 0.929. The summed E-state index contributed by atoms with van der Waals surface area (Å²) in [5.41, 5.74) is 0. The van der Waals surface area contributed by atoms with E-state index in [0.717, 1.165) is 19.1 Å². The van der Waals surface area contributed by atoms with Crippen LogP contribution >= 0.6 is 0 Å². The SMILES string of the molecule is CCCCCCCCCCCCCC=O.[CaH2]. The Hall–Kier alpha value is 0.930. The van der Waals surface area contributed by atoms with Crippen LogP contribution in [0.2, 0.25) is 0 Å². The Morgan fingerprint density at radius 1 is 0.688 bits per heavy atom. The molecule has 0 bridgehead atoms. The molecule has 0 rings (SSSR count). The first-order chi connectivity index (χ1) is 7.41. The summed E-state index contributed by atoms with van der Waals surface area (Å²) in [6.45, 7) is 2.26. The summed E-state index contributed by atoms with van der Waals surface area (Å²) < 4.78 is 0. The van der Waals surface area contributed by atoms with Gasteiger partial charge in [0.2, 0.25) is 0 Å². The van der Waals surface area contributed by atoms with Crippen LogP contribution in [0.25, 0.3) is 0 Å². The van der Waals surface area contributed by atoms with Crippen LogP contribution < -0.4 is 0 Å². The maximum atomic E-state index is 10.1. The second-order valence-electron chi connectivity index (χ2n) is 4.49. The van der Waals surface area contributed by atoms with E-state index < -0.39 is 0 Å². The number of hydrogen-bond donors (Lipinski definition) is 0. The van der Waals surface area contributed by atoms with E-state index in [-0.39, 0.29) is 37.7 Å². The van der Waals surface area contributed by atoms with Crippen molar-refractivity contribution in [3.8, 4) is 0 Å². The van der Waals surface area contributed by atoms with E-state index in [4.69, 9.17) is 0 Å². The average molecular weight is 254 g/mol. The Morgan fingerprint density at radius 2 is 1.06 bits per heavy atom. The van der Waals surface area contributed by atoms with Crippen molar-refractivity contribution in [1.82, 2.24) is 0 Å². The van der Waals surface area contributed by atoms with Gasteiger partial charge < -0.3 is 4.79 Å². The molecule has 0 aromatic rings. The van der Waals surface area contributed by atoms with Gasteiger partial charge in [0.15, 0.2) is 0 Å². The number of aldehydes is 1. The van der Waals surface area contributed by atoms with E-state index in [1.165, 1.54) is 64.2 Å². The van der Waals surface area contributed by atoms with Crippen LogP contribution in [-0.4, -0.2) is 44.0 Å². The topological polar surface area (TPSA) is 17.1 Å². The Balaban J connectivity index is 0. The van der Waals surface area contributed by atoms with Gasteiger partial charge >= 0.3 is 37.7 Å². The Labute approximate surface area is 132 Å². The predicted octanol–water partition coefficient (Wildman–Crippen LogP) is 3.97. The Morgan fingerprint density at radius 3 is 1.44 bits per heavy atom. The van der Waals surface area contributed by atoms with Gasteiger partial charge in [-0.25, -0.2) is 0 Å². The van der Waals surface area contributed by atoms with Gasteiger partial charge in [-0.05, 0) is 6.42 Å². The molecule has 0 aromatic heterocycles. The molecule has 0 N–H and O–H groups in total. The third-order valence-corrected chi connectivity index (χ3v) is 2.93. The summed E-state index contributed by atoms with van der Waals surface area (Å²) in [4.78, 5) is 10.1. The van der Waals surface area contributed by atoms with Crippen LogP contribution in [-0.2, 0) is 4.79 Å². The molecule has 0 aliphatic carbocycles. The van der Waals surface area contributed by atoms with E-state index >= 15 is 0 Å². The van der Waals surface area contributed by atoms with Gasteiger partial charge in [0.05, 0.1) is 0 Å². The van der Waals surface area contributed by atoms with Crippen molar-refractivity contribution in [3.05, 3.63) is 0 Å². The molecule has 0 radical (unpaired) electrons. The number of rotatable bonds is 12. The van der Waals surface area contributed by atoms with E-state index in [1.807, 2.05) is 0 Å². The van der Waals surface area contributed by atoms with Crippen molar-refractivity contribution >= 4 is 44.0 Å². The van der Waals surface area contributed by atoms with E-state index in [1.54, 1.807) is 0 Å². The normalized spacial score (nSPS) is 9.81. The molecule has 94 valence electrons. The van der Waals surface area contributed by atoms with Gasteiger partial charge in [-0.15, -0.1) is 0 Å². The summed E-state index contributed by atoms with van der Waals surface area (Å²) in [6, 6.07) is 0. The van der Waals surface area contributed by atoms with Crippen LogP contribution in [0.3, 0.4) is 0 Å². The van der Waals surface area contributed by atoms with Crippen LogP contribution in [0, 0.1) is 0 Å². The van der Waals surface area contributed by atoms with Crippen molar-refractivity contribution in [2.45, 2.75) is 84.0 Å². The summed E-state index contributed by atoms with van der Waals surface area (Å²) in [5.74, 6) is 0. The standard InChI is InChI=1S/C14H28O.Ca.2H/c1-2-3-4-5-6-7-8-9-10-11-12-13-14-15;;;/h14H,2-13H2,1H3;;;. The first-order valence-corrected chi connectivity index (χ1v) is 6.85. The zero-order valence-corrected chi connectivity index (χ0v) is 10.5. The van der Waals surface area contributed by atoms with Gasteiger partial charge in [0, 0.05) is 6.42 Å². The second kappa shape index (κ2) is 18.3. The van der Waals surface area contributed by atoms with Crippen molar-refractivity contribution < 1.29 is 4.79 Å². The summed E-state index contributed by atoms with van der Waals surface area (Å²) >= 11 is 0. The van der Waals surface area contributed by atoms with Crippen molar-refractivity contribution in [1.29, 1.82) is 0 Å². The molecule has 0 spiro atoms. The third-order valence-electron chi connectivity index (χ3n) is 2.93. The number of unbranched alkanes of at least 4 members (excludes halogenated alkanes) is 11. The Kier molecular flexibility index (Phi) is 22.0. The van der Waals surface area contributed by atoms with Gasteiger partial charge in [0.25, 0.3) is 0 Å². The molecule has 0 aliphatic rings.